The van der Waals surface area contributed by atoms with Gasteiger partial charge in [-0.25, -0.2) is 0 Å². The minimum Gasteiger partial charge on any atom is -0.301 e. The van der Waals surface area contributed by atoms with Gasteiger partial charge in [-0.05, 0) is 46.1 Å². The van der Waals surface area contributed by atoms with E-state index in [2.05, 4.69) is 37.2 Å². The van der Waals surface area contributed by atoms with Crippen LogP contribution in [-0.2, 0) is 6.54 Å². The summed E-state index contributed by atoms with van der Waals surface area (Å²) in [7, 11) is 0. The Morgan fingerprint density at radius 2 is 1.88 bits per heavy atom. The lowest BCUT2D eigenvalue weighted by Crippen LogP contribution is -2.46. The van der Waals surface area contributed by atoms with Gasteiger partial charge < -0.3 is 4.90 Å². The minimum absolute atomic E-state index is 1.04. The van der Waals surface area contributed by atoms with Crippen molar-refractivity contribution in [2.45, 2.75) is 19.4 Å². The van der Waals surface area contributed by atoms with Crippen LogP contribution < -0.4 is 0 Å². The smallest absolute Gasteiger partial charge is 0.0340 e. The second-order valence-corrected chi connectivity index (χ2v) is 7.07. The molecule has 94 valence electrons. The molecule has 0 amide bonds. The summed E-state index contributed by atoms with van der Waals surface area (Å²) in [6.45, 7) is 7.47. The van der Waals surface area contributed by atoms with Crippen LogP contribution in [0.15, 0.2) is 15.9 Å². The van der Waals surface area contributed by atoms with Gasteiger partial charge in [0.2, 0.25) is 0 Å². The molecule has 17 heavy (non-hydrogen) atoms. The molecule has 1 aliphatic carbocycles. The first-order valence-corrected chi connectivity index (χ1v) is 8.15. The van der Waals surface area contributed by atoms with Crippen molar-refractivity contribution < 1.29 is 0 Å². The molecule has 2 fully saturated rings. The summed E-state index contributed by atoms with van der Waals surface area (Å²) in [6, 6.07) is 2.16. The molecule has 1 saturated carbocycles. The van der Waals surface area contributed by atoms with Crippen molar-refractivity contribution in [1.29, 1.82) is 0 Å². The predicted molar refractivity (Wildman–Crippen MR) is 76.5 cm³/mol. The molecular weight excluding hydrogens is 296 g/mol. The third kappa shape index (κ3) is 3.31. The van der Waals surface area contributed by atoms with Gasteiger partial charge in [0.05, 0.1) is 0 Å². The van der Waals surface area contributed by atoms with Gasteiger partial charge in [-0.3, -0.25) is 4.90 Å². The molecule has 1 saturated heterocycles. The fraction of sp³-hybridized carbons (Fsp3) is 0.692. The molecular formula is C13H19BrN2S. The van der Waals surface area contributed by atoms with E-state index >= 15 is 0 Å². The van der Waals surface area contributed by atoms with E-state index in [0.717, 1.165) is 12.5 Å². The summed E-state index contributed by atoms with van der Waals surface area (Å²) in [4.78, 5) is 6.71. The fourth-order valence-electron chi connectivity index (χ4n) is 2.44. The number of piperazine rings is 1. The summed E-state index contributed by atoms with van der Waals surface area (Å²) in [5.41, 5.74) is 0. The highest BCUT2D eigenvalue weighted by atomic mass is 79.9. The number of rotatable bonds is 4. The molecule has 0 spiro atoms. The molecule has 0 unspecified atom stereocenters. The van der Waals surface area contributed by atoms with Crippen molar-refractivity contribution in [1.82, 2.24) is 9.80 Å². The van der Waals surface area contributed by atoms with Crippen molar-refractivity contribution >= 4 is 27.3 Å². The van der Waals surface area contributed by atoms with Crippen molar-refractivity contribution in [3.8, 4) is 0 Å². The van der Waals surface area contributed by atoms with Crippen LogP contribution in [0.5, 0.6) is 0 Å². The molecule has 2 nitrogen and oxygen atoms in total. The maximum absolute atomic E-state index is 3.62. The van der Waals surface area contributed by atoms with E-state index in [1.54, 1.807) is 0 Å². The zero-order chi connectivity index (χ0) is 11.7. The molecule has 0 atom stereocenters. The molecule has 0 N–H and O–H groups in total. The summed E-state index contributed by atoms with van der Waals surface area (Å²) >= 11 is 5.48. The Morgan fingerprint density at radius 3 is 2.47 bits per heavy atom. The Hall–Kier alpha value is 0.1000. The molecule has 2 heterocycles. The predicted octanol–water partition coefficient (Wildman–Crippen LogP) is 3.04. The molecule has 0 aromatic carbocycles. The van der Waals surface area contributed by atoms with Gasteiger partial charge in [0.15, 0.2) is 0 Å². The van der Waals surface area contributed by atoms with E-state index in [9.17, 15) is 0 Å². The number of hydrogen-bond acceptors (Lipinski definition) is 3. The third-order valence-electron chi connectivity index (χ3n) is 3.74. The lowest BCUT2D eigenvalue weighted by Gasteiger charge is -2.34. The molecule has 1 aromatic rings. The SMILES string of the molecule is Brc1ccsc1CN1CCN(CC2CC2)CC1. The lowest BCUT2D eigenvalue weighted by atomic mass is 10.2. The topological polar surface area (TPSA) is 6.48 Å². The highest BCUT2D eigenvalue weighted by Crippen LogP contribution is 2.30. The average Bonchev–Trinajstić information content (AvgIpc) is 3.06. The Labute approximate surface area is 116 Å². The van der Waals surface area contributed by atoms with Gasteiger partial charge in [-0.2, -0.15) is 0 Å². The molecule has 1 aromatic heterocycles. The monoisotopic (exact) mass is 314 g/mol. The Morgan fingerprint density at radius 1 is 1.18 bits per heavy atom. The van der Waals surface area contributed by atoms with E-state index in [-0.39, 0.29) is 0 Å². The van der Waals surface area contributed by atoms with Crippen LogP contribution in [0, 0.1) is 5.92 Å². The molecule has 3 rings (SSSR count). The minimum atomic E-state index is 1.04. The van der Waals surface area contributed by atoms with E-state index in [4.69, 9.17) is 0 Å². The Bertz CT molecular complexity index is 367. The molecule has 2 aliphatic rings. The summed E-state index contributed by atoms with van der Waals surface area (Å²) in [5.74, 6) is 1.04. The average molecular weight is 315 g/mol. The van der Waals surface area contributed by atoms with E-state index in [1.165, 1.54) is 54.9 Å². The van der Waals surface area contributed by atoms with Gasteiger partial charge in [-0.15, -0.1) is 11.3 Å². The van der Waals surface area contributed by atoms with Crippen LogP contribution in [0.2, 0.25) is 0 Å². The van der Waals surface area contributed by atoms with Crippen LogP contribution in [-0.4, -0.2) is 42.5 Å². The highest BCUT2D eigenvalue weighted by Gasteiger charge is 2.26. The third-order valence-corrected chi connectivity index (χ3v) is 5.65. The maximum Gasteiger partial charge on any atom is 0.0340 e. The quantitative estimate of drug-likeness (QED) is 0.843. The maximum atomic E-state index is 3.62. The molecule has 0 radical (unpaired) electrons. The Balaban J connectivity index is 1.46. The lowest BCUT2D eigenvalue weighted by molar-refractivity contribution is 0.124. The van der Waals surface area contributed by atoms with Gasteiger partial charge in [-0.1, -0.05) is 0 Å². The second kappa shape index (κ2) is 5.39. The van der Waals surface area contributed by atoms with Crippen LogP contribution in [0.1, 0.15) is 17.7 Å². The van der Waals surface area contributed by atoms with Crippen molar-refractivity contribution in [3.05, 3.63) is 20.8 Å². The number of halogens is 1. The number of hydrogen-bond donors (Lipinski definition) is 0. The zero-order valence-electron chi connectivity index (χ0n) is 10.1. The van der Waals surface area contributed by atoms with Crippen LogP contribution in [0.4, 0.5) is 0 Å². The number of thiophene rings is 1. The van der Waals surface area contributed by atoms with Gasteiger partial charge in [0.25, 0.3) is 0 Å². The molecule has 4 heteroatoms. The number of nitrogens with zero attached hydrogens (tertiary/aromatic N) is 2. The summed E-state index contributed by atoms with van der Waals surface area (Å²) < 4.78 is 1.28. The van der Waals surface area contributed by atoms with Crippen molar-refractivity contribution in [2.75, 3.05) is 32.7 Å². The second-order valence-electron chi connectivity index (χ2n) is 5.21. The Kier molecular flexibility index (Phi) is 3.85. The first-order valence-electron chi connectivity index (χ1n) is 6.48. The van der Waals surface area contributed by atoms with Crippen molar-refractivity contribution in [2.24, 2.45) is 5.92 Å². The summed E-state index contributed by atoms with van der Waals surface area (Å²) in [5, 5.41) is 2.17. The normalized spacial score (nSPS) is 23.1. The van der Waals surface area contributed by atoms with Gasteiger partial charge in [0.1, 0.15) is 0 Å². The van der Waals surface area contributed by atoms with Crippen molar-refractivity contribution in [3.63, 3.8) is 0 Å². The van der Waals surface area contributed by atoms with Crippen LogP contribution >= 0.6 is 27.3 Å². The largest absolute Gasteiger partial charge is 0.301 e. The van der Waals surface area contributed by atoms with E-state index in [0.29, 0.717) is 0 Å². The van der Waals surface area contributed by atoms with E-state index < -0.39 is 0 Å². The van der Waals surface area contributed by atoms with E-state index in [1.807, 2.05) is 11.3 Å². The molecule has 1 aliphatic heterocycles. The summed E-state index contributed by atoms with van der Waals surface area (Å²) in [6.07, 6.45) is 2.95. The van der Waals surface area contributed by atoms with Crippen LogP contribution in [0.25, 0.3) is 0 Å². The van der Waals surface area contributed by atoms with Crippen LogP contribution in [0.3, 0.4) is 0 Å². The van der Waals surface area contributed by atoms with Gasteiger partial charge in [0, 0.05) is 48.6 Å². The standard InChI is InChI=1S/C13H19BrN2S/c14-12-3-8-17-13(12)10-16-6-4-15(5-7-16)9-11-1-2-11/h3,8,11H,1-2,4-7,9-10H2. The van der Waals surface area contributed by atoms with Gasteiger partial charge >= 0.3 is 0 Å². The molecule has 0 bridgehead atoms. The highest BCUT2D eigenvalue weighted by molar-refractivity contribution is 9.10. The first-order chi connectivity index (χ1) is 8.31. The fourth-order valence-corrected chi connectivity index (χ4v) is 3.96. The zero-order valence-corrected chi connectivity index (χ0v) is 12.5. The first kappa shape index (κ1) is 12.2.